The zero-order chi connectivity index (χ0) is 19.5. The van der Waals surface area contributed by atoms with Crippen molar-refractivity contribution in [2.24, 2.45) is 0 Å². The van der Waals surface area contributed by atoms with Crippen LogP contribution in [0.15, 0.2) is 48.5 Å². The maximum atomic E-state index is 13.1. The third-order valence-corrected chi connectivity index (χ3v) is 6.27. The smallest absolute Gasteiger partial charge is 0.252 e. The van der Waals surface area contributed by atoms with Crippen molar-refractivity contribution in [2.75, 3.05) is 18.1 Å². The van der Waals surface area contributed by atoms with E-state index in [1.54, 1.807) is 23.1 Å². The number of halogens is 2. The molecule has 4 nitrogen and oxygen atoms in total. The lowest BCUT2D eigenvalue weighted by Crippen LogP contribution is -2.36. The molecule has 1 fully saturated rings. The van der Waals surface area contributed by atoms with Crippen molar-refractivity contribution < 1.29 is 9.53 Å². The molecule has 1 amide bonds. The second kappa shape index (κ2) is 8.62. The van der Waals surface area contributed by atoms with Gasteiger partial charge >= 0.3 is 0 Å². The molecular weight excluding hydrogens is 415 g/mol. The topological polar surface area (TPSA) is 42.4 Å². The zero-order valence-electron chi connectivity index (χ0n) is 15.0. The summed E-state index contributed by atoms with van der Waals surface area (Å²) < 4.78 is 6.69. The van der Waals surface area contributed by atoms with Gasteiger partial charge in [-0.1, -0.05) is 58.8 Å². The summed E-state index contributed by atoms with van der Waals surface area (Å²) in [6.07, 6.45) is 5.22. The van der Waals surface area contributed by atoms with Crippen LogP contribution in [0.4, 0.5) is 5.13 Å². The van der Waals surface area contributed by atoms with Crippen molar-refractivity contribution >= 4 is 61.9 Å². The van der Waals surface area contributed by atoms with E-state index < -0.39 is 0 Å². The Hall–Kier alpha value is -1.92. The fourth-order valence-corrected chi connectivity index (χ4v) is 4.61. The number of rotatable bonds is 5. The molecule has 1 atom stereocenters. The van der Waals surface area contributed by atoms with Crippen LogP contribution in [-0.2, 0) is 9.53 Å². The lowest BCUT2D eigenvalue weighted by Gasteiger charge is -2.21. The van der Waals surface area contributed by atoms with Crippen molar-refractivity contribution in [1.82, 2.24) is 4.98 Å². The van der Waals surface area contributed by atoms with Gasteiger partial charge in [0.1, 0.15) is 5.52 Å². The van der Waals surface area contributed by atoms with Gasteiger partial charge in [0.2, 0.25) is 0 Å². The van der Waals surface area contributed by atoms with Crippen LogP contribution in [0, 0.1) is 0 Å². The van der Waals surface area contributed by atoms with E-state index in [0.29, 0.717) is 27.2 Å². The highest BCUT2D eigenvalue weighted by Gasteiger charge is 2.25. The third-order valence-electron chi connectivity index (χ3n) is 4.58. The number of para-hydroxylation sites is 1. The van der Waals surface area contributed by atoms with Gasteiger partial charge in [0.05, 0.1) is 22.4 Å². The van der Waals surface area contributed by atoms with Crippen LogP contribution in [-0.4, -0.2) is 30.1 Å². The summed E-state index contributed by atoms with van der Waals surface area (Å²) >= 11 is 13.9. The third kappa shape index (κ3) is 4.23. The minimum Gasteiger partial charge on any atom is -0.376 e. The molecule has 2 aromatic carbocycles. The molecule has 7 heteroatoms. The van der Waals surface area contributed by atoms with Gasteiger partial charge < -0.3 is 4.74 Å². The fourth-order valence-electron chi connectivity index (χ4n) is 3.13. The molecule has 0 aliphatic carbocycles. The number of aromatic nitrogens is 1. The van der Waals surface area contributed by atoms with Crippen molar-refractivity contribution in [3.8, 4) is 0 Å². The number of hydrogen-bond acceptors (Lipinski definition) is 4. The number of hydrogen-bond donors (Lipinski definition) is 0. The fraction of sp³-hybridized carbons (Fsp3) is 0.238. The van der Waals surface area contributed by atoms with Crippen LogP contribution in [0.25, 0.3) is 16.3 Å². The molecule has 2 heterocycles. The SMILES string of the molecule is O=C(/C=C/c1ccccc1Cl)N(CC1CCCO1)c1nc2c(Cl)cccc2s1. The molecule has 1 aliphatic rings. The molecule has 0 saturated carbocycles. The Morgan fingerprint density at radius 3 is 2.79 bits per heavy atom. The molecule has 1 unspecified atom stereocenters. The van der Waals surface area contributed by atoms with E-state index in [0.717, 1.165) is 29.7 Å². The van der Waals surface area contributed by atoms with E-state index in [2.05, 4.69) is 4.98 Å². The van der Waals surface area contributed by atoms with Crippen molar-refractivity contribution in [3.63, 3.8) is 0 Å². The molecule has 1 aromatic heterocycles. The van der Waals surface area contributed by atoms with E-state index in [1.807, 2.05) is 30.3 Å². The average Bonchev–Trinajstić information content (AvgIpc) is 3.35. The largest absolute Gasteiger partial charge is 0.376 e. The highest BCUT2D eigenvalue weighted by atomic mass is 35.5. The van der Waals surface area contributed by atoms with E-state index in [9.17, 15) is 4.79 Å². The predicted octanol–water partition coefficient (Wildman–Crippen LogP) is 5.83. The highest BCUT2D eigenvalue weighted by Crippen LogP contribution is 2.33. The number of thiazole rings is 1. The maximum absolute atomic E-state index is 13.1. The van der Waals surface area contributed by atoms with Gasteiger partial charge in [-0.2, -0.15) is 0 Å². The molecule has 3 aromatic rings. The quantitative estimate of drug-likeness (QED) is 0.476. The number of nitrogens with zero attached hydrogens (tertiary/aromatic N) is 2. The molecule has 0 bridgehead atoms. The zero-order valence-corrected chi connectivity index (χ0v) is 17.3. The summed E-state index contributed by atoms with van der Waals surface area (Å²) in [5.41, 5.74) is 1.51. The number of carbonyl (C=O) groups is 1. The monoisotopic (exact) mass is 432 g/mol. The molecule has 1 saturated heterocycles. The molecule has 1 aliphatic heterocycles. The summed E-state index contributed by atoms with van der Waals surface area (Å²) in [6.45, 7) is 1.19. The summed E-state index contributed by atoms with van der Waals surface area (Å²) in [5, 5.41) is 1.80. The lowest BCUT2D eigenvalue weighted by molar-refractivity contribution is -0.114. The Balaban J connectivity index is 1.65. The first-order valence-electron chi connectivity index (χ1n) is 9.02. The molecule has 144 valence electrons. The molecule has 0 radical (unpaired) electrons. The van der Waals surface area contributed by atoms with Gasteiger partial charge in [-0.3, -0.25) is 9.69 Å². The molecule has 0 spiro atoms. The van der Waals surface area contributed by atoms with Crippen LogP contribution in [0.5, 0.6) is 0 Å². The second-order valence-electron chi connectivity index (χ2n) is 6.52. The average molecular weight is 433 g/mol. The molecule has 28 heavy (non-hydrogen) atoms. The van der Waals surface area contributed by atoms with Gasteiger partial charge in [0.15, 0.2) is 5.13 Å². The van der Waals surface area contributed by atoms with Crippen LogP contribution >= 0.6 is 34.5 Å². The predicted molar refractivity (Wildman–Crippen MR) is 116 cm³/mol. The van der Waals surface area contributed by atoms with Gasteiger partial charge in [-0.15, -0.1) is 0 Å². The Morgan fingerprint density at radius 1 is 1.21 bits per heavy atom. The first-order valence-corrected chi connectivity index (χ1v) is 10.6. The first-order chi connectivity index (χ1) is 13.6. The Kier molecular flexibility index (Phi) is 5.97. The number of amides is 1. The van der Waals surface area contributed by atoms with E-state index in [1.165, 1.54) is 17.4 Å². The number of benzene rings is 2. The van der Waals surface area contributed by atoms with E-state index in [4.69, 9.17) is 27.9 Å². The summed E-state index contributed by atoms with van der Waals surface area (Å²) in [4.78, 5) is 19.3. The maximum Gasteiger partial charge on any atom is 0.252 e. The van der Waals surface area contributed by atoms with Crippen molar-refractivity contribution in [1.29, 1.82) is 0 Å². The van der Waals surface area contributed by atoms with Crippen molar-refractivity contribution in [3.05, 3.63) is 64.1 Å². The van der Waals surface area contributed by atoms with Crippen molar-refractivity contribution in [2.45, 2.75) is 18.9 Å². The molecular formula is C21H18Cl2N2O2S. The Morgan fingerprint density at radius 2 is 2.04 bits per heavy atom. The summed E-state index contributed by atoms with van der Waals surface area (Å²) in [7, 11) is 0. The Labute approximate surface area is 177 Å². The minimum absolute atomic E-state index is 0.0140. The molecule has 0 N–H and O–H groups in total. The number of ether oxygens (including phenoxy) is 1. The van der Waals surface area contributed by atoms with Gasteiger partial charge in [0.25, 0.3) is 5.91 Å². The Bertz CT molecular complexity index is 1030. The number of carbonyl (C=O) groups excluding carboxylic acids is 1. The normalized spacial score (nSPS) is 16.9. The van der Waals surface area contributed by atoms with Crippen LogP contribution < -0.4 is 4.90 Å². The first kappa shape index (κ1) is 19.4. The van der Waals surface area contributed by atoms with Crippen LogP contribution in [0.2, 0.25) is 10.0 Å². The summed E-state index contributed by atoms with van der Waals surface area (Å²) in [5.74, 6) is -0.161. The number of anilines is 1. The van der Waals surface area contributed by atoms with Crippen LogP contribution in [0.1, 0.15) is 18.4 Å². The second-order valence-corrected chi connectivity index (χ2v) is 8.35. The van der Waals surface area contributed by atoms with Gasteiger partial charge in [-0.05, 0) is 42.7 Å². The number of fused-ring (bicyclic) bond motifs is 1. The van der Waals surface area contributed by atoms with Gasteiger partial charge in [0, 0.05) is 17.7 Å². The van der Waals surface area contributed by atoms with Gasteiger partial charge in [-0.25, -0.2) is 4.98 Å². The lowest BCUT2D eigenvalue weighted by atomic mass is 10.2. The minimum atomic E-state index is -0.161. The highest BCUT2D eigenvalue weighted by molar-refractivity contribution is 7.22. The van der Waals surface area contributed by atoms with E-state index in [-0.39, 0.29) is 12.0 Å². The molecule has 4 rings (SSSR count). The standard InChI is InChI=1S/C21H18Cl2N2O2S/c22-16-7-2-1-5-14(16)10-11-19(26)25(13-15-6-4-12-27-15)21-24-20-17(23)8-3-9-18(20)28-21/h1-3,5,7-11,15H,4,6,12-13H2/b11-10+. The van der Waals surface area contributed by atoms with E-state index >= 15 is 0 Å². The summed E-state index contributed by atoms with van der Waals surface area (Å²) in [6, 6.07) is 13.1. The van der Waals surface area contributed by atoms with Crippen LogP contribution in [0.3, 0.4) is 0 Å².